The maximum absolute atomic E-state index is 11.0. The molecule has 1 amide bonds. The molecule has 1 fully saturated rings. The Morgan fingerprint density at radius 1 is 1.40 bits per heavy atom. The van der Waals surface area contributed by atoms with E-state index in [0.717, 1.165) is 5.75 Å². The third-order valence-electron chi connectivity index (χ3n) is 3.46. The minimum atomic E-state index is -0.331. The minimum absolute atomic E-state index is 0.0435. The molecule has 2 atom stereocenters. The third-order valence-corrected chi connectivity index (χ3v) is 3.46. The van der Waals surface area contributed by atoms with E-state index in [1.54, 1.807) is 7.11 Å². The van der Waals surface area contributed by atoms with Gasteiger partial charge in [0.25, 0.3) is 0 Å². The van der Waals surface area contributed by atoms with E-state index in [9.17, 15) is 4.79 Å². The van der Waals surface area contributed by atoms with Crippen LogP contribution in [0.25, 0.3) is 0 Å². The standard InChI is InChI=1S/C15H22N2O3/c1-10(2)14(11-4-6-13(19-3)7-5-11)16-8-12-9-20-15(18)17-12/h4-7,10,12,14,16H,8-9H2,1-3H3,(H,17,18)/t12-,14-/m1/s1. The van der Waals surface area contributed by atoms with E-state index < -0.39 is 0 Å². The summed E-state index contributed by atoms with van der Waals surface area (Å²) in [6, 6.07) is 8.35. The summed E-state index contributed by atoms with van der Waals surface area (Å²) >= 11 is 0. The Morgan fingerprint density at radius 2 is 2.10 bits per heavy atom. The highest BCUT2D eigenvalue weighted by molar-refractivity contribution is 5.69. The number of hydrogen-bond acceptors (Lipinski definition) is 4. The van der Waals surface area contributed by atoms with Gasteiger partial charge in [0, 0.05) is 12.6 Å². The van der Waals surface area contributed by atoms with Gasteiger partial charge in [0.2, 0.25) is 0 Å². The average Bonchev–Trinajstić information content (AvgIpc) is 2.85. The van der Waals surface area contributed by atoms with E-state index in [-0.39, 0.29) is 18.2 Å². The van der Waals surface area contributed by atoms with Crippen molar-refractivity contribution in [2.45, 2.75) is 25.9 Å². The molecule has 1 aliphatic heterocycles. The molecular formula is C15H22N2O3. The van der Waals surface area contributed by atoms with Gasteiger partial charge in [0.15, 0.2) is 0 Å². The zero-order valence-electron chi connectivity index (χ0n) is 12.2. The molecule has 110 valence electrons. The van der Waals surface area contributed by atoms with Crippen LogP contribution in [0.4, 0.5) is 4.79 Å². The fraction of sp³-hybridized carbons (Fsp3) is 0.533. The second kappa shape index (κ2) is 6.61. The molecule has 2 N–H and O–H groups in total. The van der Waals surface area contributed by atoms with Gasteiger partial charge in [-0.3, -0.25) is 0 Å². The van der Waals surface area contributed by atoms with Crippen molar-refractivity contribution in [1.29, 1.82) is 0 Å². The number of alkyl carbamates (subject to hydrolysis) is 1. The molecule has 5 heteroatoms. The van der Waals surface area contributed by atoms with Crippen LogP contribution >= 0.6 is 0 Å². The molecule has 0 bridgehead atoms. The summed E-state index contributed by atoms with van der Waals surface area (Å²) in [7, 11) is 1.66. The van der Waals surface area contributed by atoms with E-state index in [1.165, 1.54) is 5.56 Å². The minimum Gasteiger partial charge on any atom is -0.497 e. The normalized spacial score (nSPS) is 19.6. The summed E-state index contributed by atoms with van der Waals surface area (Å²) in [6.45, 7) is 5.47. The quantitative estimate of drug-likeness (QED) is 0.836. The first-order valence-corrected chi connectivity index (χ1v) is 6.90. The zero-order valence-corrected chi connectivity index (χ0v) is 12.2. The van der Waals surface area contributed by atoms with E-state index in [1.807, 2.05) is 12.1 Å². The summed E-state index contributed by atoms with van der Waals surface area (Å²) in [4.78, 5) is 11.0. The van der Waals surface area contributed by atoms with Gasteiger partial charge in [-0.05, 0) is 23.6 Å². The first-order chi connectivity index (χ1) is 9.60. The molecular weight excluding hydrogens is 256 g/mol. The molecule has 0 radical (unpaired) electrons. The summed E-state index contributed by atoms with van der Waals surface area (Å²) < 4.78 is 10.1. The van der Waals surface area contributed by atoms with Gasteiger partial charge in [-0.1, -0.05) is 26.0 Å². The van der Waals surface area contributed by atoms with Crippen LogP contribution in [-0.2, 0) is 4.74 Å². The second-order valence-electron chi connectivity index (χ2n) is 5.34. The summed E-state index contributed by atoms with van der Waals surface area (Å²) in [5, 5.41) is 6.27. The number of benzene rings is 1. The molecule has 5 nitrogen and oxygen atoms in total. The Labute approximate surface area is 119 Å². The Hall–Kier alpha value is -1.75. The van der Waals surface area contributed by atoms with Crippen molar-refractivity contribution in [2.24, 2.45) is 5.92 Å². The van der Waals surface area contributed by atoms with Gasteiger partial charge in [-0.15, -0.1) is 0 Å². The van der Waals surface area contributed by atoms with Crippen LogP contribution in [0, 0.1) is 5.92 Å². The van der Waals surface area contributed by atoms with Crippen molar-refractivity contribution in [2.75, 3.05) is 20.3 Å². The highest BCUT2D eigenvalue weighted by atomic mass is 16.6. The van der Waals surface area contributed by atoms with Crippen molar-refractivity contribution in [3.63, 3.8) is 0 Å². The highest BCUT2D eigenvalue weighted by Crippen LogP contribution is 2.23. The van der Waals surface area contributed by atoms with E-state index in [0.29, 0.717) is 19.1 Å². The third kappa shape index (κ3) is 3.63. The van der Waals surface area contributed by atoms with Gasteiger partial charge < -0.3 is 20.1 Å². The molecule has 0 unspecified atom stereocenters. The smallest absolute Gasteiger partial charge is 0.407 e. The largest absolute Gasteiger partial charge is 0.497 e. The van der Waals surface area contributed by atoms with Crippen molar-refractivity contribution < 1.29 is 14.3 Å². The number of methoxy groups -OCH3 is 1. The monoisotopic (exact) mass is 278 g/mol. The molecule has 1 saturated heterocycles. The number of carbonyl (C=O) groups excluding carboxylic acids is 1. The Kier molecular flexibility index (Phi) is 4.84. The summed E-state index contributed by atoms with van der Waals surface area (Å²) in [5.41, 5.74) is 1.21. The molecule has 0 spiro atoms. The van der Waals surface area contributed by atoms with Crippen LogP contribution in [-0.4, -0.2) is 32.4 Å². The van der Waals surface area contributed by atoms with Gasteiger partial charge >= 0.3 is 6.09 Å². The highest BCUT2D eigenvalue weighted by Gasteiger charge is 2.24. The predicted molar refractivity (Wildman–Crippen MR) is 76.8 cm³/mol. The molecule has 0 aliphatic carbocycles. The Morgan fingerprint density at radius 3 is 2.60 bits per heavy atom. The summed E-state index contributed by atoms with van der Waals surface area (Å²) in [6.07, 6.45) is -0.331. The molecule has 2 rings (SSSR count). The Balaban J connectivity index is 1.97. The van der Waals surface area contributed by atoms with Crippen LogP contribution in [0.15, 0.2) is 24.3 Å². The molecule has 1 aromatic carbocycles. The molecule has 0 saturated carbocycles. The molecule has 20 heavy (non-hydrogen) atoms. The number of nitrogens with one attached hydrogen (secondary N) is 2. The number of ether oxygens (including phenoxy) is 2. The summed E-state index contributed by atoms with van der Waals surface area (Å²) in [5.74, 6) is 1.30. The lowest BCUT2D eigenvalue weighted by atomic mass is 9.95. The molecule has 0 aromatic heterocycles. The number of cyclic esters (lactones) is 1. The number of hydrogen-bond donors (Lipinski definition) is 2. The molecule has 1 heterocycles. The predicted octanol–water partition coefficient (Wildman–Crippen LogP) is 2.09. The van der Waals surface area contributed by atoms with Crippen LogP contribution in [0.2, 0.25) is 0 Å². The van der Waals surface area contributed by atoms with Crippen LogP contribution < -0.4 is 15.4 Å². The lowest BCUT2D eigenvalue weighted by Crippen LogP contribution is -2.39. The average molecular weight is 278 g/mol. The number of rotatable bonds is 6. The number of carbonyl (C=O) groups is 1. The topological polar surface area (TPSA) is 59.6 Å². The van der Waals surface area contributed by atoms with Gasteiger partial charge in [0.05, 0.1) is 13.2 Å². The van der Waals surface area contributed by atoms with Crippen LogP contribution in [0.1, 0.15) is 25.5 Å². The lowest BCUT2D eigenvalue weighted by Gasteiger charge is -2.24. The first-order valence-electron chi connectivity index (χ1n) is 6.90. The lowest BCUT2D eigenvalue weighted by molar-refractivity contribution is 0.176. The fourth-order valence-corrected chi connectivity index (χ4v) is 2.36. The van der Waals surface area contributed by atoms with Gasteiger partial charge in [-0.25, -0.2) is 4.79 Å². The maximum atomic E-state index is 11.0. The van der Waals surface area contributed by atoms with Crippen LogP contribution in [0.3, 0.4) is 0 Å². The second-order valence-corrected chi connectivity index (χ2v) is 5.34. The first kappa shape index (κ1) is 14.7. The van der Waals surface area contributed by atoms with Crippen LogP contribution in [0.5, 0.6) is 5.75 Å². The molecule has 1 aliphatic rings. The van der Waals surface area contributed by atoms with Gasteiger partial charge in [-0.2, -0.15) is 0 Å². The van der Waals surface area contributed by atoms with Crippen molar-refractivity contribution in [3.05, 3.63) is 29.8 Å². The molecule has 1 aromatic rings. The van der Waals surface area contributed by atoms with E-state index >= 15 is 0 Å². The maximum Gasteiger partial charge on any atom is 0.407 e. The SMILES string of the molecule is COc1ccc([C@H](NC[C@@H]2COC(=O)N2)C(C)C)cc1. The zero-order chi connectivity index (χ0) is 14.5. The van der Waals surface area contributed by atoms with Gasteiger partial charge in [0.1, 0.15) is 12.4 Å². The fourth-order valence-electron chi connectivity index (χ4n) is 2.36. The van der Waals surface area contributed by atoms with E-state index in [4.69, 9.17) is 9.47 Å². The van der Waals surface area contributed by atoms with E-state index in [2.05, 4.69) is 36.6 Å². The number of amides is 1. The van der Waals surface area contributed by atoms with Crippen molar-refractivity contribution >= 4 is 6.09 Å². The van der Waals surface area contributed by atoms with Crippen molar-refractivity contribution in [3.8, 4) is 5.75 Å². The van der Waals surface area contributed by atoms with Crippen molar-refractivity contribution in [1.82, 2.24) is 10.6 Å². The Bertz CT molecular complexity index is 445.